The van der Waals surface area contributed by atoms with Crippen LogP contribution in [0.2, 0.25) is 5.15 Å². The number of hydrogen-bond donors (Lipinski definition) is 0. The molecule has 0 unspecified atom stereocenters. The third-order valence-electron chi connectivity index (χ3n) is 2.62. The molecule has 0 aliphatic heterocycles. The highest BCUT2D eigenvalue weighted by Crippen LogP contribution is 2.41. The van der Waals surface area contributed by atoms with Gasteiger partial charge >= 0.3 is 0 Å². The summed E-state index contributed by atoms with van der Waals surface area (Å²) in [6.45, 7) is 0. The molecule has 0 radical (unpaired) electrons. The maximum atomic E-state index is 5.99. The van der Waals surface area contributed by atoms with Gasteiger partial charge in [-0.3, -0.25) is 4.57 Å². The Hall–Kier alpha value is -1.35. The van der Waals surface area contributed by atoms with Crippen LogP contribution in [-0.2, 0) is 0 Å². The average Bonchev–Trinajstić information content (AvgIpc) is 2.93. The summed E-state index contributed by atoms with van der Waals surface area (Å²) in [5.74, 6) is 1.54. The molecule has 15 heavy (non-hydrogen) atoms. The van der Waals surface area contributed by atoms with Gasteiger partial charge in [0.05, 0.1) is 0 Å². The molecule has 2 heterocycles. The van der Waals surface area contributed by atoms with E-state index in [0.29, 0.717) is 11.1 Å². The number of halogens is 1. The van der Waals surface area contributed by atoms with Crippen molar-refractivity contribution in [2.24, 2.45) is 0 Å². The third-order valence-corrected chi connectivity index (χ3v) is 2.81. The maximum absolute atomic E-state index is 5.99. The number of aromatic nitrogens is 3. The van der Waals surface area contributed by atoms with Crippen molar-refractivity contribution in [2.45, 2.75) is 18.8 Å². The Morgan fingerprint density at radius 1 is 1.33 bits per heavy atom. The van der Waals surface area contributed by atoms with Gasteiger partial charge in [0.15, 0.2) is 0 Å². The van der Waals surface area contributed by atoms with Crippen molar-refractivity contribution >= 4 is 11.6 Å². The standard InChI is InChI=1S/C11H10ClN3/c12-10-5-9(8-1-2-8)6-11(14-10)15-4-3-13-7-15/h3-8H,1-2H2. The SMILES string of the molecule is Clc1cc(C2CC2)cc(-n2ccnc2)n1. The molecule has 1 fully saturated rings. The highest BCUT2D eigenvalue weighted by molar-refractivity contribution is 6.29. The molecule has 2 aromatic heterocycles. The van der Waals surface area contributed by atoms with Gasteiger partial charge in [-0.1, -0.05) is 11.6 Å². The van der Waals surface area contributed by atoms with Gasteiger partial charge in [-0.15, -0.1) is 0 Å². The van der Waals surface area contributed by atoms with Crippen LogP contribution in [0.1, 0.15) is 24.3 Å². The summed E-state index contributed by atoms with van der Waals surface area (Å²) < 4.78 is 1.87. The average molecular weight is 220 g/mol. The van der Waals surface area contributed by atoms with E-state index in [1.54, 1.807) is 12.5 Å². The van der Waals surface area contributed by atoms with Crippen LogP contribution in [0.25, 0.3) is 5.82 Å². The minimum absolute atomic E-state index is 0.558. The van der Waals surface area contributed by atoms with Crippen LogP contribution < -0.4 is 0 Å². The molecular formula is C11H10ClN3. The largest absolute Gasteiger partial charge is 0.290 e. The van der Waals surface area contributed by atoms with Crippen molar-refractivity contribution in [3.8, 4) is 5.82 Å². The van der Waals surface area contributed by atoms with Crippen molar-refractivity contribution in [2.75, 3.05) is 0 Å². The van der Waals surface area contributed by atoms with E-state index in [1.807, 2.05) is 16.8 Å². The van der Waals surface area contributed by atoms with Gasteiger partial charge in [-0.25, -0.2) is 9.97 Å². The highest BCUT2D eigenvalue weighted by atomic mass is 35.5. The molecule has 1 saturated carbocycles. The molecule has 0 spiro atoms. The van der Waals surface area contributed by atoms with Crippen LogP contribution in [-0.4, -0.2) is 14.5 Å². The number of rotatable bonds is 2. The first-order valence-corrected chi connectivity index (χ1v) is 5.36. The zero-order valence-electron chi connectivity index (χ0n) is 8.10. The summed E-state index contributed by atoms with van der Waals surface area (Å²) >= 11 is 5.99. The second kappa shape index (κ2) is 3.35. The predicted molar refractivity (Wildman–Crippen MR) is 58.3 cm³/mol. The summed E-state index contributed by atoms with van der Waals surface area (Å²) in [5, 5.41) is 0.558. The Labute approximate surface area is 92.7 Å². The maximum Gasteiger partial charge on any atom is 0.139 e. The minimum atomic E-state index is 0.558. The molecule has 3 rings (SSSR count). The van der Waals surface area contributed by atoms with E-state index < -0.39 is 0 Å². The van der Waals surface area contributed by atoms with Crippen molar-refractivity contribution in [3.05, 3.63) is 41.6 Å². The van der Waals surface area contributed by atoms with E-state index in [0.717, 1.165) is 5.82 Å². The molecular weight excluding hydrogens is 210 g/mol. The molecule has 0 N–H and O–H groups in total. The molecule has 3 nitrogen and oxygen atoms in total. The Balaban J connectivity index is 2.07. The molecule has 1 aliphatic carbocycles. The van der Waals surface area contributed by atoms with Crippen LogP contribution in [0.5, 0.6) is 0 Å². The second-order valence-corrected chi connectivity index (χ2v) is 4.21. The number of hydrogen-bond acceptors (Lipinski definition) is 2. The Bertz CT molecular complexity index is 475. The number of pyridine rings is 1. The fourth-order valence-corrected chi connectivity index (χ4v) is 1.89. The molecule has 0 saturated heterocycles. The van der Waals surface area contributed by atoms with Gasteiger partial charge in [0, 0.05) is 12.4 Å². The first-order chi connectivity index (χ1) is 7.33. The van der Waals surface area contributed by atoms with E-state index >= 15 is 0 Å². The van der Waals surface area contributed by atoms with Crippen molar-refractivity contribution in [1.29, 1.82) is 0 Å². The molecule has 0 bridgehead atoms. The summed E-state index contributed by atoms with van der Waals surface area (Å²) in [5.41, 5.74) is 1.29. The van der Waals surface area contributed by atoms with Gasteiger partial charge in [0.2, 0.25) is 0 Å². The quantitative estimate of drug-likeness (QED) is 0.728. The molecule has 4 heteroatoms. The Kier molecular flexibility index (Phi) is 1.99. The zero-order valence-corrected chi connectivity index (χ0v) is 8.85. The highest BCUT2D eigenvalue weighted by Gasteiger charge is 2.24. The molecule has 0 amide bonds. The smallest absolute Gasteiger partial charge is 0.139 e. The minimum Gasteiger partial charge on any atom is -0.290 e. The van der Waals surface area contributed by atoms with Crippen LogP contribution in [0.4, 0.5) is 0 Å². The van der Waals surface area contributed by atoms with Crippen LogP contribution in [0.15, 0.2) is 30.9 Å². The molecule has 2 aromatic rings. The van der Waals surface area contributed by atoms with Crippen molar-refractivity contribution in [3.63, 3.8) is 0 Å². The van der Waals surface area contributed by atoms with Gasteiger partial charge in [-0.05, 0) is 36.5 Å². The van der Waals surface area contributed by atoms with E-state index in [2.05, 4.69) is 16.0 Å². The second-order valence-electron chi connectivity index (χ2n) is 3.83. The molecule has 0 aromatic carbocycles. The lowest BCUT2D eigenvalue weighted by Crippen LogP contribution is -1.96. The number of imidazole rings is 1. The molecule has 0 atom stereocenters. The van der Waals surface area contributed by atoms with E-state index in [9.17, 15) is 0 Å². The summed E-state index contributed by atoms with van der Waals surface area (Å²) in [4.78, 5) is 8.27. The zero-order chi connectivity index (χ0) is 10.3. The third kappa shape index (κ3) is 1.75. The first-order valence-electron chi connectivity index (χ1n) is 4.99. The molecule has 1 aliphatic rings. The number of nitrogens with zero attached hydrogens (tertiary/aromatic N) is 3. The van der Waals surface area contributed by atoms with Crippen molar-refractivity contribution < 1.29 is 0 Å². The van der Waals surface area contributed by atoms with Crippen LogP contribution >= 0.6 is 11.6 Å². The van der Waals surface area contributed by atoms with Crippen molar-refractivity contribution in [1.82, 2.24) is 14.5 Å². The van der Waals surface area contributed by atoms with Crippen LogP contribution in [0, 0.1) is 0 Å². The first kappa shape index (κ1) is 8.92. The fraction of sp³-hybridized carbons (Fsp3) is 0.273. The fourth-order valence-electron chi connectivity index (χ4n) is 1.68. The summed E-state index contributed by atoms with van der Waals surface area (Å²) in [6.07, 6.45) is 7.87. The lowest BCUT2D eigenvalue weighted by atomic mass is 10.2. The lowest BCUT2D eigenvalue weighted by Gasteiger charge is -2.05. The van der Waals surface area contributed by atoms with E-state index in [-0.39, 0.29) is 0 Å². The normalized spacial score (nSPS) is 15.5. The van der Waals surface area contributed by atoms with E-state index in [1.165, 1.54) is 18.4 Å². The Morgan fingerprint density at radius 3 is 2.87 bits per heavy atom. The van der Waals surface area contributed by atoms with Gasteiger partial charge in [0.1, 0.15) is 17.3 Å². The monoisotopic (exact) mass is 219 g/mol. The summed E-state index contributed by atoms with van der Waals surface area (Å²) in [6, 6.07) is 4.05. The van der Waals surface area contributed by atoms with Gasteiger partial charge in [-0.2, -0.15) is 0 Å². The summed E-state index contributed by atoms with van der Waals surface area (Å²) in [7, 11) is 0. The van der Waals surface area contributed by atoms with E-state index in [4.69, 9.17) is 11.6 Å². The predicted octanol–water partition coefficient (Wildman–Crippen LogP) is 2.80. The molecule has 76 valence electrons. The van der Waals surface area contributed by atoms with Crippen LogP contribution in [0.3, 0.4) is 0 Å². The topological polar surface area (TPSA) is 30.7 Å². The Morgan fingerprint density at radius 2 is 2.20 bits per heavy atom. The lowest BCUT2D eigenvalue weighted by molar-refractivity contribution is 0.975. The van der Waals surface area contributed by atoms with Gasteiger partial charge < -0.3 is 0 Å². The van der Waals surface area contributed by atoms with Gasteiger partial charge in [0.25, 0.3) is 0 Å².